The molecule has 1 aromatic rings. The van der Waals surface area contributed by atoms with E-state index in [1.807, 2.05) is 0 Å². The molecule has 0 radical (unpaired) electrons. The van der Waals surface area contributed by atoms with Crippen LogP contribution < -0.4 is 14.8 Å². The number of hydrogen-bond acceptors (Lipinski definition) is 3. The third kappa shape index (κ3) is 6.38. The molecule has 0 aromatic heterocycles. The number of methoxy groups -OCH3 is 2. The summed E-state index contributed by atoms with van der Waals surface area (Å²) >= 11 is 0. The lowest BCUT2D eigenvalue weighted by Crippen LogP contribution is -2.20. The summed E-state index contributed by atoms with van der Waals surface area (Å²) in [5.74, 6) is 2.38. The van der Waals surface area contributed by atoms with Crippen LogP contribution in [0.25, 0.3) is 0 Å². The zero-order valence-corrected chi connectivity index (χ0v) is 14.3. The van der Waals surface area contributed by atoms with E-state index in [-0.39, 0.29) is 0 Å². The maximum absolute atomic E-state index is 5.38. The summed E-state index contributed by atoms with van der Waals surface area (Å²) in [6.07, 6.45) is 4.84. The quantitative estimate of drug-likeness (QED) is 0.662. The Labute approximate surface area is 130 Å². The minimum absolute atomic E-state index is 0.736. The normalized spacial score (nSPS) is 11.0. The average Bonchev–Trinajstić information content (AvgIpc) is 2.46. The largest absolute Gasteiger partial charge is 0.493 e. The first-order chi connectivity index (χ1) is 10.1. The van der Waals surface area contributed by atoms with Crippen molar-refractivity contribution in [2.24, 2.45) is 5.92 Å². The molecule has 0 fully saturated rings. The molecule has 0 saturated carbocycles. The van der Waals surface area contributed by atoms with Crippen LogP contribution in [0.5, 0.6) is 11.5 Å². The Balaban J connectivity index is 2.35. The van der Waals surface area contributed by atoms with Gasteiger partial charge in [-0.05, 0) is 68.5 Å². The van der Waals surface area contributed by atoms with E-state index in [1.165, 1.54) is 30.4 Å². The molecule has 0 heterocycles. The van der Waals surface area contributed by atoms with Crippen LogP contribution >= 0.6 is 0 Å². The fraction of sp³-hybridized carbons (Fsp3) is 0.667. The third-order valence-corrected chi connectivity index (χ3v) is 3.69. The van der Waals surface area contributed by atoms with Gasteiger partial charge < -0.3 is 14.8 Å². The number of unbranched alkanes of at least 4 members (excludes halogenated alkanes) is 2. The number of nitrogens with one attached hydrogen (secondary N) is 1. The van der Waals surface area contributed by atoms with Crippen molar-refractivity contribution < 1.29 is 9.47 Å². The predicted molar refractivity (Wildman–Crippen MR) is 89.5 cm³/mol. The number of ether oxygens (including phenoxy) is 2. The van der Waals surface area contributed by atoms with Crippen LogP contribution in [0.15, 0.2) is 12.1 Å². The average molecular weight is 293 g/mol. The molecule has 0 saturated heterocycles. The summed E-state index contributed by atoms with van der Waals surface area (Å²) in [5.41, 5.74) is 2.65. The third-order valence-electron chi connectivity index (χ3n) is 3.69. The van der Waals surface area contributed by atoms with E-state index < -0.39 is 0 Å². The molecule has 1 rings (SSSR count). The van der Waals surface area contributed by atoms with Crippen LogP contribution in [0.4, 0.5) is 0 Å². The van der Waals surface area contributed by atoms with Gasteiger partial charge in [0.25, 0.3) is 0 Å². The first-order valence-electron chi connectivity index (χ1n) is 8.00. The van der Waals surface area contributed by atoms with E-state index in [9.17, 15) is 0 Å². The molecule has 0 aliphatic rings. The highest BCUT2D eigenvalue weighted by Crippen LogP contribution is 2.30. The van der Waals surface area contributed by atoms with Crippen molar-refractivity contribution in [3.8, 4) is 11.5 Å². The van der Waals surface area contributed by atoms with Crippen LogP contribution in [0.2, 0.25) is 0 Å². The molecule has 1 aromatic carbocycles. The van der Waals surface area contributed by atoms with Gasteiger partial charge in [0.05, 0.1) is 14.2 Å². The Morgan fingerprint density at radius 1 is 1.00 bits per heavy atom. The Kier molecular flexibility index (Phi) is 8.21. The minimum atomic E-state index is 0.736. The van der Waals surface area contributed by atoms with Gasteiger partial charge in [-0.2, -0.15) is 0 Å². The van der Waals surface area contributed by atoms with Gasteiger partial charge in [-0.3, -0.25) is 0 Å². The van der Waals surface area contributed by atoms with Gasteiger partial charge in [-0.25, -0.2) is 0 Å². The predicted octanol–water partition coefficient (Wildman–Crippen LogP) is 3.97. The summed E-state index contributed by atoms with van der Waals surface area (Å²) < 4.78 is 10.7. The van der Waals surface area contributed by atoms with Crippen LogP contribution in [-0.4, -0.2) is 27.3 Å². The SMILES string of the molecule is COc1cc(C)c(CCCCCNCC(C)C)cc1OC. The fourth-order valence-electron chi connectivity index (χ4n) is 2.43. The molecular formula is C18H31NO2. The molecule has 0 atom stereocenters. The van der Waals surface area contributed by atoms with Crippen molar-refractivity contribution in [3.63, 3.8) is 0 Å². The molecule has 1 N–H and O–H groups in total. The van der Waals surface area contributed by atoms with E-state index in [0.29, 0.717) is 0 Å². The van der Waals surface area contributed by atoms with Crippen LogP contribution in [-0.2, 0) is 6.42 Å². The van der Waals surface area contributed by atoms with Gasteiger partial charge in [-0.1, -0.05) is 20.3 Å². The van der Waals surface area contributed by atoms with E-state index >= 15 is 0 Å². The van der Waals surface area contributed by atoms with E-state index in [4.69, 9.17) is 9.47 Å². The van der Waals surface area contributed by atoms with Crippen molar-refractivity contribution >= 4 is 0 Å². The van der Waals surface area contributed by atoms with Crippen LogP contribution in [0.3, 0.4) is 0 Å². The van der Waals surface area contributed by atoms with Gasteiger partial charge >= 0.3 is 0 Å². The van der Waals surface area contributed by atoms with Crippen molar-refractivity contribution in [1.82, 2.24) is 5.32 Å². The van der Waals surface area contributed by atoms with Gasteiger partial charge in [0.2, 0.25) is 0 Å². The van der Waals surface area contributed by atoms with Crippen molar-refractivity contribution in [1.29, 1.82) is 0 Å². The highest BCUT2D eigenvalue weighted by Gasteiger charge is 2.08. The zero-order valence-electron chi connectivity index (χ0n) is 14.3. The molecule has 3 nitrogen and oxygen atoms in total. The lowest BCUT2D eigenvalue weighted by atomic mass is 10.0. The summed E-state index contributed by atoms with van der Waals surface area (Å²) in [6.45, 7) is 8.87. The Bertz CT molecular complexity index is 416. The van der Waals surface area contributed by atoms with Crippen molar-refractivity contribution in [3.05, 3.63) is 23.3 Å². The van der Waals surface area contributed by atoms with E-state index in [2.05, 4.69) is 38.2 Å². The lowest BCUT2D eigenvalue weighted by Gasteiger charge is -2.13. The Morgan fingerprint density at radius 3 is 2.29 bits per heavy atom. The zero-order chi connectivity index (χ0) is 15.7. The number of hydrogen-bond donors (Lipinski definition) is 1. The van der Waals surface area contributed by atoms with Crippen molar-refractivity contribution in [2.45, 2.75) is 46.5 Å². The van der Waals surface area contributed by atoms with Crippen LogP contribution in [0.1, 0.15) is 44.2 Å². The van der Waals surface area contributed by atoms with Gasteiger partial charge in [-0.15, -0.1) is 0 Å². The Morgan fingerprint density at radius 2 is 1.67 bits per heavy atom. The molecule has 0 bridgehead atoms. The molecular weight excluding hydrogens is 262 g/mol. The van der Waals surface area contributed by atoms with E-state index in [1.54, 1.807) is 14.2 Å². The first kappa shape index (κ1) is 17.8. The number of rotatable bonds is 10. The second kappa shape index (κ2) is 9.67. The smallest absolute Gasteiger partial charge is 0.161 e. The monoisotopic (exact) mass is 293 g/mol. The molecule has 120 valence electrons. The summed E-state index contributed by atoms with van der Waals surface area (Å²) in [4.78, 5) is 0. The van der Waals surface area contributed by atoms with Crippen LogP contribution in [0, 0.1) is 12.8 Å². The second-order valence-corrected chi connectivity index (χ2v) is 6.04. The number of benzene rings is 1. The summed E-state index contributed by atoms with van der Waals surface area (Å²) in [6, 6.07) is 4.18. The first-order valence-corrected chi connectivity index (χ1v) is 8.00. The highest BCUT2D eigenvalue weighted by atomic mass is 16.5. The lowest BCUT2D eigenvalue weighted by molar-refractivity contribution is 0.354. The maximum Gasteiger partial charge on any atom is 0.161 e. The fourth-order valence-corrected chi connectivity index (χ4v) is 2.43. The highest BCUT2D eigenvalue weighted by molar-refractivity contribution is 5.47. The molecule has 21 heavy (non-hydrogen) atoms. The maximum atomic E-state index is 5.38. The van der Waals surface area contributed by atoms with Crippen molar-refractivity contribution in [2.75, 3.05) is 27.3 Å². The molecule has 0 aliphatic heterocycles. The minimum Gasteiger partial charge on any atom is -0.493 e. The Hall–Kier alpha value is -1.22. The van der Waals surface area contributed by atoms with Gasteiger partial charge in [0, 0.05) is 0 Å². The summed E-state index contributed by atoms with van der Waals surface area (Å²) in [7, 11) is 3.37. The molecule has 0 spiro atoms. The molecule has 0 amide bonds. The molecule has 0 unspecified atom stereocenters. The summed E-state index contributed by atoms with van der Waals surface area (Å²) in [5, 5.41) is 3.49. The van der Waals surface area contributed by atoms with E-state index in [0.717, 1.165) is 36.9 Å². The standard InChI is InChI=1S/C18H31NO2/c1-14(2)13-19-10-8-6-7-9-16-12-18(21-5)17(20-4)11-15(16)3/h11-12,14,19H,6-10,13H2,1-5H3. The molecule has 0 aliphatic carbocycles. The van der Waals surface area contributed by atoms with Gasteiger partial charge in [0.15, 0.2) is 11.5 Å². The number of aryl methyl sites for hydroxylation is 2. The van der Waals surface area contributed by atoms with Gasteiger partial charge in [0.1, 0.15) is 0 Å². The molecule has 3 heteroatoms. The topological polar surface area (TPSA) is 30.5 Å². The second-order valence-electron chi connectivity index (χ2n) is 6.04.